The van der Waals surface area contributed by atoms with Crippen LogP contribution in [-0.2, 0) is 6.54 Å². The van der Waals surface area contributed by atoms with Crippen molar-refractivity contribution in [3.05, 3.63) is 39.3 Å². The van der Waals surface area contributed by atoms with E-state index in [1.807, 2.05) is 33.8 Å². The molecule has 0 aliphatic rings. The lowest BCUT2D eigenvalue weighted by Crippen LogP contribution is -2.12. The van der Waals surface area contributed by atoms with Gasteiger partial charge in [0, 0.05) is 17.8 Å². The Labute approximate surface area is 112 Å². The first kappa shape index (κ1) is 13.1. The zero-order valence-corrected chi connectivity index (χ0v) is 11.8. The van der Waals surface area contributed by atoms with E-state index in [2.05, 4.69) is 10.1 Å². The standard InChI is InChI=1S/C13H17ClN4/c1-7-5-8(2)16-13(11(7)6-15)18-10(4)12(14)9(3)17-18/h5H,6,15H2,1-4H3. The smallest absolute Gasteiger partial charge is 0.158 e. The molecular formula is C13H17ClN4. The second-order valence-electron chi connectivity index (χ2n) is 4.48. The summed E-state index contributed by atoms with van der Waals surface area (Å²) in [7, 11) is 0. The molecule has 5 heteroatoms. The fourth-order valence-corrected chi connectivity index (χ4v) is 2.22. The molecule has 0 amide bonds. The van der Waals surface area contributed by atoms with Gasteiger partial charge in [0.1, 0.15) is 0 Å². The number of aromatic nitrogens is 3. The van der Waals surface area contributed by atoms with Crippen molar-refractivity contribution in [2.75, 3.05) is 0 Å². The van der Waals surface area contributed by atoms with Gasteiger partial charge >= 0.3 is 0 Å². The Bertz CT molecular complexity index is 602. The molecule has 0 saturated carbocycles. The summed E-state index contributed by atoms with van der Waals surface area (Å²) in [5.41, 5.74) is 10.6. The van der Waals surface area contributed by atoms with Gasteiger partial charge in [-0.15, -0.1) is 0 Å². The van der Waals surface area contributed by atoms with Crippen molar-refractivity contribution < 1.29 is 0 Å². The van der Waals surface area contributed by atoms with E-state index in [0.717, 1.165) is 34.0 Å². The monoisotopic (exact) mass is 264 g/mol. The van der Waals surface area contributed by atoms with Gasteiger partial charge in [0.25, 0.3) is 0 Å². The zero-order valence-electron chi connectivity index (χ0n) is 11.1. The maximum absolute atomic E-state index is 6.18. The van der Waals surface area contributed by atoms with Gasteiger partial charge < -0.3 is 5.73 Å². The first-order chi connectivity index (χ1) is 8.45. The van der Waals surface area contributed by atoms with Gasteiger partial charge in [-0.25, -0.2) is 9.67 Å². The molecule has 2 heterocycles. The van der Waals surface area contributed by atoms with Crippen LogP contribution in [0.4, 0.5) is 0 Å². The third-order valence-electron chi connectivity index (χ3n) is 3.06. The lowest BCUT2D eigenvalue weighted by atomic mass is 10.1. The molecular weight excluding hydrogens is 248 g/mol. The maximum atomic E-state index is 6.18. The van der Waals surface area contributed by atoms with Crippen molar-refractivity contribution in [1.29, 1.82) is 0 Å². The van der Waals surface area contributed by atoms with Crippen LogP contribution in [0.3, 0.4) is 0 Å². The van der Waals surface area contributed by atoms with Crippen molar-refractivity contribution in [1.82, 2.24) is 14.8 Å². The largest absolute Gasteiger partial charge is 0.326 e. The lowest BCUT2D eigenvalue weighted by Gasteiger charge is -2.12. The Morgan fingerprint density at radius 3 is 2.44 bits per heavy atom. The summed E-state index contributed by atoms with van der Waals surface area (Å²) in [4.78, 5) is 4.55. The molecule has 0 radical (unpaired) electrons. The first-order valence-electron chi connectivity index (χ1n) is 5.85. The molecule has 2 aromatic heterocycles. The Hall–Kier alpha value is -1.39. The summed E-state index contributed by atoms with van der Waals surface area (Å²) in [5.74, 6) is 0.780. The Balaban J connectivity index is 2.73. The van der Waals surface area contributed by atoms with Gasteiger partial charge in [0.2, 0.25) is 0 Å². The van der Waals surface area contributed by atoms with Crippen LogP contribution in [-0.4, -0.2) is 14.8 Å². The van der Waals surface area contributed by atoms with Crippen LogP contribution < -0.4 is 5.73 Å². The lowest BCUT2D eigenvalue weighted by molar-refractivity contribution is 0.780. The van der Waals surface area contributed by atoms with Crippen LogP contribution in [0.5, 0.6) is 0 Å². The molecule has 0 fully saturated rings. The van der Waals surface area contributed by atoms with Gasteiger partial charge in [-0.3, -0.25) is 0 Å². The third kappa shape index (κ3) is 2.02. The molecule has 2 N–H and O–H groups in total. The quantitative estimate of drug-likeness (QED) is 0.907. The van der Waals surface area contributed by atoms with Crippen LogP contribution >= 0.6 is 11.6 Å². The third-order valence-corrected chi connectivity index (χ3v) is 3.61. The SMILES string of the molecule is Cc1cc(C)c(CN)c(-n2nc(C)c(Cl)c2C)n1. The summed E-state index contributed by atoms with van der Waals surface area (Å²) in [6.45, 7) is 8.25. The molecule has 96 valence electrons. The number of halogens is 1. The van der Waals surface area contributed by atoms with Crippen LogP contribution in [0.15, 0.2) is 6.07 Å². The van der Waals surface area contributed by atoms with Gasteiger partial charge in [-0.05, 0) is 39.3 Å². The van der Waals surface area contributed by atoms with Crippen molar-refractivity contribution in [3.63, 3.8) is 0 Å². The van der Waals surface area contributed by atoms with Crippen molar-refractivity contribution in [3.8, 4) is 5.82 Å². The predicted molar refractivity (Wildman–Crippen MR) is 73.2 cm³/mol. The number of hydrogen-bond donors (Lipinski definition) is 1. The molecule has 0 bridgehead atoms. The minimum absolute atomic E-state index is 0.435. The van der Waals surface area contributed by atoms with Crippen molar-refractivity contribution in [2.24, 2.45) is 5.73 Å². The average Bonchev–Trinajstić information content (AvgIpc) is 2.56. The van der Waals surface area contributed by atoms with Crippen LogP contribution in [0, 0.1) is 27.7 Å². The van der Waals surface area contributed by atoms with E-state index < -0.39 is 0 Å². The van der Waals surface area contributed by atoms with Crippen molar-refractivity contribution in [2.45, 2.75) is 34.2 Å². The van der Waals surface area contributed by atoms with Gasteiger partial charge in [0.15, 0.2) is 5.82 Å². The molecule has 4 nitrogen and oxygen atoms in total. The molecule has 0 aliphatic carbocycles. The van der Waals surface area contributed by atoms with Gasteiger partial charge in [-0.1, -0.05) is 11.6 Å². The fraction of sp³-hybridized carbons (Fsp3) is 0.385. The second kappa shape index (κ2) is 4.71. The summed E-state index contributed by atoms with van der Waals surface area (Å²) < 4.78 is 1.78. The minimum atomic E-state index is 0.435. The molecule has 0 aromatic carbocycles. The minimum Gasteiger partial charge on any atom is -0.326 e. The molecule has 18 heavy (non-hydrogen) atoms. The van der Waals surface area contributed by atoms with E-state index >= 15 is 0 Å². The maximum Gasteiger partial charge on any atom is 0.158 e. The van der Waals surface area contributed by atoms with Crippen LogP contribution in [0.25, 0.3) is 5.82 Å². The Kier molecular flexibility index (Phi) is 3.41. The number of hydrogen-bond acceptors (Lipinski definition) is 3. The van der Waals surface area contributed by atoms with E-state index in [0.29, 0.717) is 11.6 Å². The second-order valence-corrected chi connectivity index (χ2v) is 4.86. The molecule has 0 spiro atoms. The number of rotatable bonds is 2. The highest BCUT2D eigenvalue weighted by Crippen LogP contribution is 2.24. The molecule has 2 aromatic rings. The summed E-state index contributed by atoms with van der Waals surface area (Å²) in [5, 5.41) is 5.12. The highest BCUT2D eigenvalue weighted by atomic mass is 35.5. The number of pyridine rings is 1. The average molecular weight is 265 g/mol. The number of nitrogens with two attached hydrogens (primary N) is 1. The number of aryl methyl sites for hydroxylation is 3. The van der Waals surface area contributed by atoms with Crippen LogP contribution in [0.2, 0.25) is 5.02 Å². The zero-order chi connectivity index (χ0) is 13.4. The topological polar surface area (TPSA) is 56.7 Å². The normalized spacial score (nSPS) is 11.0. The molecule has 0 unspecified atom stereocenters. The van der Waals surface area contributed by atoms with E-state index in [1.165, 1.54) is 0 Å². The van der Waals surface area contributed by atoms with Gasteiger partial charge in [0.05, 0.1) is 16.4 Å². The van der Waals surface area contributed by atoms with Crippen LogP contribution in [0.1, 0.15) is 28.2 Å². The highest BCUT2D eigenvalue weighted by molar-refractivity contribution is 6.31. The van der Waals surface area contributed by atoms with E-state index in [-0.39, 0.29) is 0 Å². The van der Waals surface area contributed by atoms with Gasteiger partial charge in [-0.2, -0.15) is 5.10 Å². The van der Waals surface area contributed by atoms with E-state index in [9.17, 15) is 0 Å². The summed E-state index contributed by atoms with van der Waals surface area (Å²) >= 11 is 6.18. The van der Waals surface area contributed by atoms with Crippen molar-refractivity contribution >= 4 is 11.6 Å². The predicted octanol–water partition coefficient (Wildman–Crippen LogP) is 2.61. The summed E-state index contributed by atoms with van der Waals surface area (Å²) in [6, 6.07) is 2.03. The van der Waals surface area contributed by atoms with E-state index in [1.54, 1.807) is 4.68 Å². The highest BCUT2D eigenvalue weighted by Gasteiger charge is 2.16. The molecule has 0 saturated heterocycles. The molecule has 2 rings (SSSR count). The fourth-order valence-electron chi connectivity index (χ4n) is 2.10. The summed E-state index contributed by atoms with van der Waals surface area (Å²) in [6.07, 6.45) is 0. The number of nitrogens with zero attached hydrogens (tertiary/aromatic N) is 3. The van der Waals surface area contributed by atoms with E-state index in [4.69, 9.17) is 17.3 Å². The molecule has 0 aliphatic heterocycles. The molecule has 0 atom stereocenters. The Morgan fingerprint density at radius 2 is 1.94 bits per heavy atom. The Morgan fingerprint density at radius 1 is 1.28 bits per heavy atom. The first-order valence-corrected chi connectivity index (χ1v) is 6.22.